The minimum absolute atomic E-state index is 0.00554. The smallest absolute Gasteiger partial charge is 0.430 e. The van der Waals surface area contributed by atoms with E-state index in [2.05, 4.69) is 27.3 Å². The van der Waals surface area contributed by atoms with Crippen molar-refractivity contribution in [2.75, 3.05) is 11.6 Å². The largest absolute Gasteiger partial charge is 0.511 e. The van der Waals surface area contributed by atoms with Gasteiger partial charge in [-0.1, -0.05) is 57.4 Å². The van der Waals surface area contributed by atoms with Crippen molar-refractivity contribution >= 4 is 67.6 Å². The van der Waals surface area contributed by atoms with E-state index < -0.39 is 31.7 Å². The first-order chi connectivity index (χ1) is 11.4. The third kappa shape index (κ3) is 5.83. The van der Waals surface area contributed by atoms with Crippen LogP contribution in [0.25, 0.3) is 0 Å². The van der Waals surface area contributed by atoms with E-state index in [0.717, 1.165) is 5.75 Å². The SMILES string of the molecule is CCSC1C(C(C)OC(=O)OC(Cl)(Cl)CCl)C(=O)N1[SiH](C)C(C)(C)C. The fraction of sp³-hybridized carbons (Fsp3) is 0.867. The molecule has 4 atom stereocenters. The summed E-state index contributed by atoms with van der Waals surface area (Å²) in [6.07, 6.45) is -1.67. The number of carbonyl (C=O) groups is 2. The van der Waals surface area contributed by atoms with Crippen LogP contribution in [-0.4, -0.2) is 53.2 Å². The number of rotatable bonds is 7. The molecule has 0 aromatic rings. The number of hydrogen-bond acceptors (Lipinski definition) is 5. The molecular weight excluding hydrogens is 425 g/mol. The van der Waals surface area contributed by atoms with Gasteiger partial charge in [0.1, 0.15) is 21.0 Å². The zero-order chi connectivity index (χ0) is 19.6. The van der Waals surface area contributed by atoms with Crippen molar-refractivity contribution in [3.05, 3.63) is 0 Å². The first-order valence-electron chi connectivity index (χ1n) is 8.13. The molecule has 146 valence electrons. The average molecular weight is 451 g/mol. The molecule has 0 aliphatic carbocycles. The van der Waals surface area contributed by atoms with Crippen molar-refractivity contribution in [1.82, 2.24) is 4.57 Å². The first kappa shape index (κ1) is 23.2. The highest BCUT2D eigenvalue weighted by atomic mass is 35.5. The van der Waals surface area contributed by atoms with Crippen LogP contribution >= 0.6 is 46.6 Å². The van der Waals surface area contributed by atoms with Crippen molar-refractivity contribution in [2.24, 2.45) is 5.92 Å². The summed E-state index contributed by atoms with van der Waals surface area (Å²) >= 11 is 18.6. The van der Waals surface area contributed by atoms with Crippen LogP contribution in [0.4, 0.5) is 4.79 Å². The lowest BCUT2D eigenvalue weighted by Gasteiger charge is -2.54. The minimum Gasteiger partial charge on any atom is -0.430 e. The Morgan fingerprint density at radius 3 is 2.40 bits per heavy atom. The van der Waals surface area contributed by atoms with Gasteiger partial charge in [-0.2, -0.15) is 0 Å². The van der Waals surface area contributed by atoms with Crippen LogP contribution in [0.3, 0.4) is 0 Å². The van der Waals surface area contributed by atoms with Crippen molar-refractivity contribution in [1.29, 1.82) is 0 Å². The molecule has 0 aromatic carbocycles. The summed E-state index contributed by atoms with van der Waals surface area (Å²) in [5.74, 6) is 0.205. The first-order valence-corrected chi connectivity index (χ1v) is 12.7. The molecule has 1 amide bonds. The van der Waals surface area contributed by atoms with E-state index in [1.54, 1.807) is 18.7 Å². The van der Waals surface area contributed by atoms with Gasteiger partial charge in [-0.25, -0.2) is 4.79 Å². The summed E-state index contributed by atoms with van der Waals surface area (Å²) in [7, 11) is -1.47. The molecule has 1 fully saturated rings. The van der Waals surface area contributed by atoms with Crippen LogP contribution in [0.5, 0.6) is 0 Å². The van der Waals surface area contributed by atoms with E-state index >= 15 is 0 Å². The number of β-lactam (4-membered cyclic amide) rings is 1. The van der Waals surface area contributed by atoms with Crippen LogP contribution in [0.1, 0.15) is 34.6 Å². The normalized spacial score (nSPS) is 23.7. The Hall–Kier alpha value is 0.177. The van der Waals surface area contributed by atoms with Crippen molar-refractivity contribution in [3.63, 3.8) is 0 Å². The van der Waals surface area contributed by atoms with Gasteiger partial charge < -0.3 is 14.0 Å². The highest BCUT2D eigenvalue weighted by Crippen LogP contribution is 2.43. The van der Waals surface area contributed by atoms with E-state index in [9.17, 15) is 9.59 Å². The van der Waals surface area contributed by atoms with E-state index in [-0.39, 0.29) is 22.2 Å². The standard InChI is InChI=1S/C15H26Cl3NO4SSi/c1-7-24-12-10(11(20)19(12)25(6)14(3,4)5)9(2)22-13(21)23-15(17,18)8-16/h9-10,12,25H,7-8H2,1-6H3. The minimum atomic E-state index is -1.85. The number of hydrogen-bond donors (Lipinski definition) is 0. The number of ether oxygens (including phenoxy) is 2. The predicted molar refractivity (Wildman–Crippen MR) is 107 cm³/mol. The van der Waals surface area contributed by atoms with Gasteiger partial charge in [0, 0.05) is 0 Å². The second-order valence-corrected chi connectivity index (χ2v) is 13.8. The number of alkyl halides is 3. The molecule has 5 nitrogen and oxygen atoms in total. The maximum atomic E-state index is 12.7. The molecule has 0 spiro atoms. The van der Waals surface area contributed by atoms with Crippen molar-refractivity contribution in [3.8, 4) is 0 Å². The summed E-state index contributed by atoms with van der Waals surface area (Å²) in [5, 5.41) is 0.0962. The van der Waals surface area contributed by atoms with Gasteiger partial charge in [0.25, 0.3) is 4.52 Å². The second-order valence-electron chi connectivity index (χ2n) is 7.11. The average Bonchev–Trinajstić information content (AvgIpc) is 2.45. The fourth-order valence-electron chi connectivity index (χ4n) is 2.52. The molecular formula is C15H26Cl3NO4SSi. The molecule has 0 aromatic heterocycles. The summed E-state index contributed by atoms with van der Waals surface area (Å²) < 4.78 is 10.1. The zero-order valence-corrected chi connectivity index (χ0v) is 19.6. The third-order valence-electron chi connectivity index (χ3n) is 4.31. The van der Waals surface area contributed by atoms with Gasteiger partial charge >= 0.3 is 6.16 Å². The Labute approximate surface area is 170 Å². The molecule has 4 unspecified atom stereocenters. The van der Waals surface area contributed by atoms with Crippen LogP contribution in [0.15, 0.2) is 0 Å². The number of amides is 1. The number of halogens is 3. The van der Waals surface area contributed by atoms with Gasteiger partial charge in [-0.3, -0.25) is 4.79 Å². The Bertz CT molecular complexity index is 504. The maximum absolute atomic E-state index is 12.7. The summed E-state index contributed by atoms with van der Waals surface area (Å²) in [6, 6.07) is 0. The molecule has 0 bridgehead atoms. The van der Waals surface area contributed by atoms with E-state index in [0.29, 0.717) is 0 Å². The predicted octanol–water partition coefficient (Wildman–Crippen LogP) is 4.59. The number of carbonyl (C=O) groups excluding carboxylic acids is 2. The van der Waals surface area contributed by atoms with Crippen LogP contribution in [0, 0.1) is 5.92 Å². The molecule has 0 N–H and O–H groups in total. The Morgan fingerprint density at radius 1 is 1.40 bits per heavy atom. The quantitative estimate of drug-likeness (QED) is 0.246. The molecule has 1 heterocycles. The topological polar surface area (TPSA) is 55.8 Å². The molecule has 1 aliphatic rings. The van der Waals surface area contributed by atoms with E-state index in [1.807, 2.05) is 11.5 Å². The summed E-state index contributed by atoms with van der Waals surface area (Å²) in [6.45, 7) is 12.4. The lowest BCUT2D eigenvalue weighted by molar-refractivity contribution is -0.149. The van der Waals surface area contributed by atoms with Gasteiger partial charge in [0.2, 0.25) is 5.91 Å². The lowest BCUT2D eigenvalue weighted by Crippen LogP contribution is -2.68. The molecule has 25 heavy (non-hydrogen) atoms. The summed E-state index contributed by atoms with van der Waals surface area (Å²) in [5.41, 5.74) is 0. The molecule has 0 radical (unpaired) electrons. The van der Waals surface area contributed by atoms with Gasteiger partial charge in [0.05, 0.1) is 11.3 Å². The monoisotopic (exact) mass is 449 g/mol. The number of thioether (sulfide) groups is 1. The van der Waals surface area contributed by atoms with Crippen molar-refractivity contribution < 1.29 is 19.1 Å². The number of nitrogens with zero attached hydrogens (tertiary/aromatic N) is 1. The highest BCUT2D eigenvalue weighted by molar-refractivity contribution is 8.00. The lowest BCUT2D eigenvalue weighted by atomic mass is 9.95. The van der Waals surface area contributed by atoms with Crippen LogP contribution < -0.4 is 0 Å². The fourth-order valence-corrected chi connectivity index (χ4v) is 6.68. The van der Waals surface area contributed by atoms with Gasteiger partial charge in [-0.05, 0) is 17.7 Å². The molecule has 0 saturated carbocycles. The Kier molecular flexibility index (Phi) is 8.28. The van der Waals surface area contributed by atoms with Gasteiger partial charge in [-0.15, -0.1) is 23.4 Å². The molecule has 10 heteroatoms. The zero-order valence-electron chi connectivity index (χ0n) is 15.3. The van der Waals surface area contributed by atoms with Crippen molar-refractivity contribution in [2.45, 2.75) is 62.2 Å². The van der Waals surface area contributed by atoms with Crippen LogP contribution in [0.2, 0.25) is 11.6 Å². The third-order valence-corrected chi connectivity index (χ3v) is 10.7. The van der Waals surface area contributed by atoms with E-state index in [1.165, 1.54) is 0 Å². The second kappa shape index (κ2) is 8.91. The molecule has 1 aliphatic heterocycles. The van der Waals surface area contributed by atoms with E-state index in [4.69, 9.17) is 44.3 Å². The Balaban J connectivity index is 2.80. The van der Waals surface area contributed by atoms with Gasteiger partial charge in [0.15, 0.2) is 0 Å². The molecule has 1 saturated heterocycles. The summed E-state index contributed by atoms with van der Waals surface area (Å²) in [4.78, 5) is 24.6. The molecule has 1 rings (SSSR count). The van der Waals surface area contributed by atoms with Crippen LogP contribution in [-0.2, 0) is 14.3 Å². The highest BCUT2D eigenvalue weighted by Gasteiger charge is 2.54. The maximum Gasteiger partial charge on any atom is 0.511 e. The Morgan fingerprint density at radius 2 is 1.96 bits per heavy atom.